The maximum Gasteiger partial charge on any atom is 0.257 e. The quantitative estimate of drug-likeness (QED) is 0.851. The molecule has 98 valence electrons. The Balaban J connectivity index is 2.23. The zero-order valence-corrected chi connectivity index (χ0v) is 11.3. The van der Waals surface area contributed by atoms with Crippen molar-refractivity contribution in [3.8, 4) is 0 Å². The lowest BCUT2D eigenvalue weighted by molar-refractivity contribution is 0.0679. The van der Waals surface area contributed by atoms with E-state index in [2.05, 4.69) is 0 Å². The van der Waals surface area contributed by atoms with E-state index >= 15 is 0 Å². The van der Waals surface area contributed by atoms with E-state index in [-0.39, 0.29) is 11.9 Å². The van der Waals surface area contributed by atoms with Gasteiger partial charge in [0.15, 0.2) is 0 Å². The minimum atomic E-state index is -0.110. The number of furan rings is 1. The summed E-state index contributed by atoms with van der Waals surface area (Å²) in [5.41, 5.74) is 6.37. The standard InChI is InChI=1S/C13H18N2O2S/c1-2-11-9(6-8-17-11)13(16)15-7-4-3-5-10(15)12(14)18/h6,8,10H,2-5,7H2,1H3,(H2,14,18). The van der Waals surface area contributed by atoms with Crippen LogP contribution in [-0.2, 0) is 6.42 Å². The zero-order valence-electron chi connectivity index (χ0n) is 10.5. The van der Waals surface area contributed by atoms with E-state index in [9.17, 15) is 4.79 Å². The predicted octanol–water partition coefficient (Wildman–Crippen LogP) is 2.12. The molecule has 0 radical (unpaired) electrons. The summed E-state index contributed by atoms with van der Waals surface area (Å²) >= 11 is 5.06. The van der Waals surface area contributed by atoms with Crippen molar-refractivity contribution >= 4 is 23.1 Å². The number of likely N-dealkylation sites (tertiary alicyclic amines) is 1. The zero-order chi connectivity index (χ0) is 13.1. The van der Waals surface area contributed by atoms with Crippen LogP contribution in [-0.4, -0.2) is 28.4 Å². The van der Waals surface area contributed by atoms with Crippen LogP contribution >= 0.6 is 12.2 Å². The average Bonchev–Trinajstić information content (AvgIpc) is 2.86. The van der Waals surface area contributed by atoms with Crippen LogP contribution in [0.3, 0.4) is 0 Å². The van der Waals surface area contributed by atoms with Gasteiger partial charge in [0.2, 0.25) is 0 Å². The van der Waals surface area contributed by atoms with Crippen LogP contribution in [0.15, 0.2) is 16.7 Å². The number of carbonyl (C=O) groups is 1. The molecule has 1 aromatic heterocycles. The van der Waals surface area contributed by atoms with Crippen molar-refractivity contribution in [1.29, 1.82) is 0 Å². The number of aryl methyl sites for hydroxylation is 1. The highest BCUT2D eigenvalue weighted by Gasteiger charge is 2.30. The SMILES string of the molecule is CCc1occc1C(=O)N1CCCCC1C(N)=S. The van der Waals surface area contributed by atoms with Gasteiger partial charge in [0.1, 0.15) is 5.76 Å². The summed E-state index contributed by atoms with van der Waals surface area (Å²) in [6, 6.07) is 1.62. The molecule has 2 rings (SSSR count). The Morgan fingerprint density at radius 2 is 2.39 bits per heavy atom. The molecule has 0 aliphatic carbocycles. The van der Waals surface area contributed by atoms with Crippen molar-refractivity contribution < 1.29 is 9.21 Å². The molecule has 5 heteroatoms. The molecular weight excluding hydrogens is 248 g/mol. The number of piperidine rings is 1. The lowest BCUT2D eigenvalue weighted by Gasteiger charge is -2.35. The first kappa shape index (κ1) is 13.1. The second-order valence-electron chi connectivity index (χ2n) is 4.52. The minimum absolute atomic E-state index is 0.0156. The van der Waals surface area contributed by atoms with E-state index in [1.165, 1.54) is 0 Å². The van der Waals surface area contributed by atoms with Crippen LogP contribution in [0, 0.1) is 0 Å². The molecule has 2 heterocycles. The first-order valence-electron chi connectivity index (χ1n) is 6.31. The Bertz CT molecular complexity index is 456. The van der Waals surface area contributed by atoms with E-state index in [4.69, 9.17) is 22.4 Å². The van der Waals surface area contributed by atoms with Gasteiger partial charge in [-0.1, -0.05) is 19.1 Å². The molecule has 1 amide bonds. The lowest BCUT2D eigenvalue weighted by Crippen LogP contribution is -2.49. The largest absolute Gasteiger partial charge is 0.469 e. The second kappa shape index (κ2) is 5.52. The van der Waals surface area contributed by atoms with E-state index in [0.29, 0.717) is 17.0 Å². The van der Waals surface area contributed by atoms with Gasteiger partial charge in [0, 0.05) is 13.0 Å². The Morgan fingerprint density at radius 3 is 3.06 bits per heavy atom. The first-order chi connectivity index (χ1) is 8.65. The maximum atomic E-state index is 12.5. The van der Waals surface area contributed by atoms with Crippen LogP contribution in [0.25, 0.3) is 0 Å². The Labute approximate surface area is 112 Å². The van der Waals surface area contributed by atoms with E-state index in [1.54, 1.807) is 17.2 Å². The summed E-state index contributed by atoms with van der Waals surface area (Å²) in [7, 11) is 0. The monoisotopic (exact) mass is 266 g/mol. The molecule has 18 heavy (non-hydrogen) atoms. The molecule has 1 atom stereocenters. The summed E-state index contributed by atoms with van der Waals surface area (Å²) < 4.78 is 5.31. The van der Waals surface area contributed by atoms with Crippen molar-refractivity contribution in [2.45, 2.75) is 38.6 Å². The number of nitrogens with two attached hydrogens (primary N) is 1. The molecule has 1 unspecified atom stereocenters. The van der Waals surface area contributed by atoms with Gasteiger partial charge in [-0.25, -0.2) is 0 Å². The average molecular weight is 266 g/mol. The number of carbonyl (C=O) groups excluding carboxylic acids is 1. The van der Waals surface area contributed by atoms with Crippen LogP contribution < -0.4 is 5.73 Å². The fraction of sp³-hybridized carbons (Fsp3) is 0.538. The fourth-order valence-corrected chi connectivity index (χ4v) is 2.68. The molecule has 1 aliphatic heterocycles. The van der Waals surface area contributed by atoms with E-state index in [0.717, 1.165) is 31.6 Å². The first-order valence-corrected chi connectivity index (χ1v) is 6.72. The molecule has 0 spiro atoms. The van der Waals surface area contributed by atoms with Crippen LogP contribution in [0.5, 0.6) is 0 Å². The van der Waals surface area contributed by atoms with Crippen molar-refractivity contribution in [2.75, 3.05) is 6.54 Å². The third kappa shape index (κ3) is 2.41. The van der Waals surface area contributed by atoms with Crippen molar-refractivity contribution in [3.05, 3.63) is 23.7 Å². The number of hydrogen-bond acceptors (Lipinski definition) is 3. The highest BCUT2D eigenvalue weighted by Crippen LogP contribution is 2.22. The van der Waals surface area contributed by atoms with Crippen LogP contribution in [0.1, 0.15) is 42.3 Å². The normalized spacial score (nSPS) is 19.8. The predicted molar refractivity (Wildman–Crippen MR) is 73.5 cm³/mol. The number of nitrogens with zero attached hydrogens (tertiary/aromatic N) is 1. The number of amides is 1. The fourth-order valence-electron chi connectivity index (χ4n) is 2.43. The number of hydrogen-bond donors (Lipinski definition) is 1. The molecule has 2 N–H and O–H groups in total. The van der Waals surface area contributed by atoms with Gasteiger partial charge >= 0.3 is 0 Å². The third-order valence-corrected chi connectivity index (χ3v) is 3.66. The summed E-state index contributed by atoms with van der Waals surface area (Å²) in [4.78, 5) is 14.7. The van der Waals surface area contributed by atoms with Gasteiger partial charge in [0.05, 0.1) is 22.9 Å². The van der Waals surface area contributed by atoms with Crippen molar-refractivity contribution in [3.63, 3.8) is 0 Å². The second-order valence-corrected chi connectivity index (χ2v) is 4.99. The topological polar surface area (TPSA) is 59.5 Å². The maximum absolute atomic E-state index is 12.5. The summed E-state index contributed by atoms with van der Waals surface area (Å²) in [6.45, 7) is 2.69. The van der Waals surface area contributed by atoms with Crippen LogP contribution in [0.4, 0.5) is 0 Å². The molecular formula is C13H18N2O2S. The number of rotatable bonds is 3. The smallest absolute Gasteiger partial charge is 0.257 e. The molecule has 1 saturated heterocycles. The Hall–Kier alpha value is -1.36. The van der Waals surface area contributed by atoms with Gasteiger partial charge < -0.3 is 15.1 Å². The molecule has 4 nitrogen and oxygen atoms in total. The Morgan fingerprint density at radius 1 is 1.61 bits per heavy atom. The van der Waals surface area contributed by atoms with E-state index in [1.807, 2.05) is 6.92 Å². The lowest BCUT2D eigenvalue weighted by atomic mass is 10.0. The highest BCUT2D eigenvalue weighted by atomic mass is 32.1. The third-order valence-electron chi connectivity index (χ3n) is 3.39. The van der Waals surface area contributed by atoms with Gasteiger partial charge in [-0.05, 0) is 25.3 Å². The minimum Gasteiger partial charge on any atom is -0.469 e. The van der Waals surface area contributed by atoms with Crippen LogP contribution in [0.2, 0.25) is 0 Å². The highest BCUT2D eigenvalue weighted by molar-refractivity contribution is 7.80. The summed E-state index contributed by atoms with van der Waals surface area (Å²) in [5, 5.41) is 0. The van der Waals surface area contributed by atoms with Crippen molar-refractivity contribution in [1.82, 2.24) is 4.90 Å². The van der Waals surface area contributed by atoms with Gasteiger partial charge in [-0.2, -0.15) is 0 Å². The van der Waals surface area contributed by atoms with Gasteiger partial charge in [-0.3, -0.25) is 4.79 Å². The molecule has 0 bridgehead atoms. The summed E-state index contributed by atoms with van der Waals surface area (Å²) in [5.74, 6) is 0.713. The summed E-state index contributed by atoms with van der Waals surface area (Å²) in [6.07, 6.45) is 5.20. The molecule has 1 fully saturated rings. The van der Waals surface area contributed by atoms with E-state index < -0.39 is 0 Å². The molecule has 1 aliphatic rings. The van der Waals surface area contributed by atoms with Gasteiger partial charge in [0.25, 0.3) is 5.91 Å². The molecule has 0 aromatic carbocycles. The van der Waals surface area contributed by atoms with Crippen molar-refractivity contribution in [2.24, 2.45) is 5.73 Å². The Kier molecular flexibility index (Phi) is 4.01. The molecule has 0 saturated carbocycles. The van der Waals surface area contributed by atoms with Gasteiger partial charge in [-0.15, -0.1) is 0 Å². The molecule has 1 aromatic rings. The number of thiocarbonyl (C=S) groups is 1.